The summed E-state index contributed by atoms with van der Waals surface area (Å²) in [4.78, 5) is 29.0. The van der Waals surface area contributed by atoms with Gasteiger partial charge in [-0.2, -0.15) is 0 Å². The Morgan fingerprint density at radius 3 is 3.00 bits per heavy atom. The molecule has 0 saturated carbocycles. The first-order valence-electron chi connectivity index (χ1n) is 9.14. The predicted molar refractivity (Wildman–Crippen MR) is 109 cm³/mol. The lowest BCUT2D eigenvalue weighted by Gasteiger charge is -2.32. The van der Waals surface area contributed by atoms with Crippen molar-refractivity contribution >= 4 is 40.0 Å². The SMILES string of the molecule is CCOC(=O)c1cnc(SC)nc1Nc1ncc(CN2CCCCC2C)s1. The normalized spacial score (nSPS) is 17.7. The van der Waals surface area contributed by atoms with Crippen molar-refractivity contribution in [2.45, 2.75) is 50.9 Å². The van der Waals surface area contributed by atoms with Crippen molar-refractivity contribution in [2.75, 3.05) is 24.7 Å². The molecule has 1 unspecified atom stereocenters. The van der Waals surface area contributed by atoms with Crippen LogP contribution in [0.15, 0.2) is 17.6 Å². The fraction of sp³-hybridized carbons (Fsp3) is 0.556. The second kappa shape index (κ2) is 9.48. The smallest absolute Gasteiger partial charge is 0.343 e. The number of nitrogens with one attached hydrogen (secondary N) is 1. The maximum atomic E-state index is 12.2. The number of anilines is 2. The zero-order valence-electron chi connectivity index (χ0n) is 15.9. The number of carbonyl (C=O) groups is 1. The van der Waals surface area contributed by atoms with Crippen LogP contribution in [0, 0.1) is 0 Å². The second-order valence-electron chi connectivity index (χ2n) is 6.41. The average molecular weight is 408 g/mol. The number of rotatable bonds is 7. The molecule has 1 aliphatic rings. The molecule has 2 aromatic rings. The molecule has 7 nitrogen and oxygen atoms in total. The lowest BCUT2D eigenvalue weighted by Crippen LogP contribution is -2.36. The molecule has 146 valence electrons. The van der Waals surface area contributed by atoms with Crippen molar-refractivity contribution in [2.24, 2.45) is 0 Å². The molecule has 1 fully saturated rings. The zero-order valence-corrected chi connectivity index (χ0v) is 17.5. The van der Waals surface area contributed by atoms with Crippen LogP contribution >= 0.6 is 23.1 Å². The van der Waals surface area contributed by atoms with Crippen molar-refractivity contribution in [3.05, 3.63) is 22.8 Å². The third-order valence-corrected chi connectivity index (χ3v) is 5.98. The Hall–Kier alpha value is -1.71. The number of hydrogen-bond acceptors (Lipinski definition) is 9. The molecule has 27 heavy (non-hydrogen) atoms. The van der Waals surface area contributed by atoms with Crippen LogP contribution in [0.3, 0.4) is 0 Å². The van der Waals surface area contributed by atoms with E-state index in [-0.39, 0.29) is 0 Å². The van der Waals surface area contributed by atoms with E-state index in [1.54, 1.807) is 18.3 Å². The molecule has 0 radical (unpaired) electrons. The Balaban J connectivity index is 1.75. The van der Waals surface area contributed by atoms with Crippen LogP contribution in [0.5, 0.6) is 0 Å². The highest BCUT2D eigenvalue weighted by molar-refractivity contribution is 7.98. The van der Waals surface area contributed by atoms with Gasteiger partial charge >= 0.3 is 5.97 Å². The van der Waals surface area contributed by atoms with Crippen molar-refractivity contribution in [3.63, 3.8) is 0 Å². The van der Waals surface area contributed by atoms with E-state index in [2.05, 4.69) is 32.1 Å². The average Bonchev–Trinajstić information content (AvgIpc) is 3.10. The minimum atomic E-state index is -0.438. The van der Waals surface area contributed by atoms with E-state index in [4.69, 9.17) is 4.74 Å². The molecule has 1 atom stereocenters. The number of piperidine rings is 1. The van der Waals surface area contributed by atoms with Gasteiger partial charge in [-0.3, -0.25) is 4.90 Å². The number of likely N-dealkylation sites (tertiary alicyclic amines) is 1. The molecule has 0 bridgehead atoms. The molecule has 3 rings (SSSR count). The zero-order chi connectivity index (χ0) is 19.2. The molecule has 1 N–H and O–H groups in total. The van der Waals surface area contributed by atoms with Crippen molar-refractivity contribution in [1.82, 2.24) is 19.9 Å². The fourth-order valence-corrected chi connectivity index (χ4v) is 4.23. The number of carbonyl (C=O) groups excluding carboxylic acids is 1. The van der Waals surface area contributed by atoms with E-state index < -0.39 is 5.97 Å². The lowest BCUT2D eigenvalue weighted by molar-refractivity contribution is 0.0526. The third kappa shape index (κ3) is 5.18. The number of aromatic nitrogens is 3. The summed E-state index contributed by atoms with van der Waals surface area (Å²) in [6, 6.07) is 0.610. The largest absolute Gasteiger partial charge is 0.462 e. The summed E-state index contributed by atoms with van der Waals surface area (Å²) in [5.74, 6) is -0.00776. The number of nitrogens with zero attached hydrogens (tertiary/aromatic N) is 4. The Morgan fingerprint density at radius 1 is 1.41 bits per heavy atom. The summed E-state index contributed by atoms with van der Waals surface area (Å²) in [6.45, 7) is 6.41. The van der Waals surface area contributed by atoms with Crippen molar-refractivity contribution in [1.29, 1.82) is 0 Å². The van der Waals surface area contributed by atoms with Gasteiger partial charge < -0.3 is 10.1 Å². The first-order valence-corrected chi connectivity index (χ1v) is 11.2. The molecule has 9 heteroatoms. The molecule has 0 aliphatic carbocycles. The molecule has 1 saturated heterocycles. The van der Waals surface area contributed by atoms with Crippen LogP contribution in [0.25, 0.3) is 0 Å². The van der Waals surface area contributed by atoms with Gasteiger partial charge in [0.05, 0.1) is 6.61 Å². The van der Waals surface area contributed by atoms with Crippen molar-refractivity contribution < 1.29 is 9.53 Å². The van der Waals surface area contributed by atoms with Crippen LogP contribution < -0.4 is 5.32 Å². The summed E-state index contributed by atoms with van der Waals surface area (Å²) in [5, 5.41) is 4.48. The summed E-state index contributed by atoms with van der Waals surface area (Å²) in [7, 11) is 0. The summed E-state index contributed by atoms with van der Waals surface area (Å²) < 4.78 is 5.11. The van der Waals surface area contributed by atoms with Crippen LogP contribution in [-0.2, 0) is 11.3 Å². The summed E-state index contributed by atoms with van der Waals surface area (Å²) in [5.41, 5.74) is 0.316. The van der Waals surface area contributed by atoms with E-state index in [9.17, 15) is 4.79 Å². The first-order chi connectivity index (χ1) is 13.1. The van der Waals surface area contributed by atoms with Crippen LogP contribution in [-0.4, -0.2) is 51.3 Å². The molecule has 3 heterocycles. The Kier molecular flexibility index (Phi) is 7.03. The number of ether oxygens (including phenoxy) is 1. The van der Waals surface area contributed by atoms with Gasteiger partial charge in [0.2, 0.25) is 0 Å². The topological polar surface area (TPSA) is 80.2 Å². The van der Waals surface area contributed by atoms with Gasteiger partial charge in [-0.05, 0) is 39.5 Å². The maximum Gasteiger partial charge on any atom is 0.343 e. The maximum absolute atomic E-state index is 12.2. The molecule has 0 spiro atoms. The number of esters is 1. The van der Waals surface area contributed by atoms with Crippen molar-refractivity contribution in [3.8, 4) is 0 Å². The summed E-state index contributed by atoms with van der Waals surface area (Å²) in [6.07, 6.45) is 9.12. The lowest BCUT2D eigenvalue weighted by atomic mass is 10.0. The van der Waals surface area contributed by atoms with E-state index in [0.717, 1.165) is 13.1 Å². The quantitative estimate of drug-likeness (QED) is 0.420. The minimum absolute atomic E-state index is 0.304. The van der Waals surface area contributed by atoms with Gasteiger partial charge in [-0.1, -0.05) is 18.2 Å². The van der Waals surface area contributed by atoms with E-state index in [0.29, 0.717) is 34.3 Å². The number of thioether (sulfide) groups is 1. The number of hydrogen-bond donors (Lipinski definition) is 1. The highest BCUT2D eigenvalue weighted by Crippen LogP contribution is 2.27. The van der Waals surface area contributed by atoms with E-state index in [1.807, 2.05) is 12.5 Å². The monoisotopic (exact) mass is 407 g/mol. The van der Waals surface area contributed by atoms with Crippen LogP contribution in [0.2, 0.25) is 0 Å². The van der Waals surface area contributed by atoms with Crippen LogP contribution in [0.1, 0.15) is 48.3 Å². The third-order valence-electron chi connectivity index (χ3n) is 4.52. The molecule has 2 aromatic heterocycles. The van der Waals surface area contributed by atoms with E-state index >= 15 is 0 Å². The predicted octanol–water partition coefficient (Wildman–Crippen LogP) is 3.95. The fourth-order valence-electron chi connectivity index (χ4n) is 3.05. The van der Waals surface area contributed by atoms with Gasteiger partial charge in [0.25, 0.3) is 0 Å². The van der Waals surface area contributed by atoms with Gasteiger partial charge in [0.15, 0.2) is 16.1 Å². The van der Waals surface area contributed by atoms with Crippen LogP contribution in [0.4, 0.5) is 10.9 Å². The highest BCUT2D eigenvalue weighted by Gasteiger charge is 2.20. The molecule has 1 aliphatic heterocycles. The van der Waals surface area contributed by atoms with Gasteiger partial charge in [-0.15, -0.1) is 11.3 Å². The second-order valence-corrected chi connectivity index (χ2v) is 8.30. The van der Waals surface area contributed by atoms with E-state index in [1.165, 1.54) is 42.1 Å². The molecular formula is C18H25N5O2S2. The Bertz CT molecular complexity index is 783. The Labute approximate surface area is 168 Å². The van der Waals surface area contributed by atoms with Gasteiger partial charge in [0, 0.05) is 29.9 Å². The highest BCUT2D eigenvalue weighted by atomic mass is 32.2. The molecular weight excluding hydrogens is 382 g/mol. The van der Waals surface area contributed by atoms with Gasteiger partial charge in [0.1, 0.15) is 5.56 Å². The Morgan fingerprint density at radius 2 is 2.26 bits per heavy atom. The first kappa shape index (κ1) is 20.0. The molecule has 0 aromatic carbocycles. The van der Waals surface area contributed by atoms with Gasteiger partial charge in [-0.25, -0.2) is 19.7 Å². The minimum Gasteiger partial charge on any atom is -0.462 e. The standard InChI is InChI=1S/C18H25N5O2S2/c1-4-25-16(24)14-10-20-17(26-3)21-15(14)22-18-19-9-13(27-18)11-23-8-6-5-7-12(23)2/h9-10,12H,4-8,11H2,1-3H3,(H,19,20,21,22). The number of thiazole rings is 1. The summed E-state index contributed by atoms with van der Waals surface area (Å²) >= 11 is 3.01. The molecule has 0 amide bonds.